The Hall–Kier alpha value is -3.30. The number of nitrogens with zero attached hydrogens (tertiary/aromatic N) is 6. The fourth-order valence-electron chi connectivity index (χ4n) is 3.73. The number of likely N-dealkylation sites (N-methyl/N-ethyl adjacent to an activating group) is 1. The molecule has 0 bridgehead atoms. The highest BCUT2D eigenvalue weighted by atomic mass is 32.1. The number of fused-ring (bicyclic) bond motifs is 1. The maximum atomic E-state index is 4.84. The van der Waals surface area contributed by atoms with Crippen LogP contribution in [0, 0.1) is 6.92 Å². The van der Waals surface area contributed by atoms with E-state index in [2.05, 4.69) is 49.6 Å². The summed E-state index contributed by atoms with van der Waals surface area (Å²) in [7, 11) is 4.06. The van der Waals surface area contributed by atoms with E-state index in [1.54, 1.807) is 11.3 Å². The van der Waals surface area contributed by atoms with Crippen LogP contribution in [0.2, 0.25) is 0 Å². The molecule has 32 heavy (non-hydrogen) atoms. The lowest BCUT2D eigenvalue weighted by Gasteiger charge is -2.32. The molecule has 0 saturated carbocycles. The Labute approximate surface area is 191 Å². The molecule has 1 aliphatic rings. The van der Waals surface area contributed by atoms with Crippen LogP contribution in [0.5, 0.6) is 0 Å². The molecule has 4 heterocycles. The van der Waals surface area contributed by atoms with Crippen LogP contribution in [0.1, 0.15) is 5.69 Å². The van der Waals surface area contributed by atoms with Crippen LogP contribution in [-0.4, -0.2) is 65.1 Å². The van der Waals surface area contributed by atoms with E-state index in [4.69, 9.17) is 9.97 Å². The third-order valence-corrected chi connectivity index (χ3v) is 6.61. The summed E-state index contributed by atoms with van der Waals surface area (Å²) in [6.45, 7) is 5.89. The molecule has 8 nitrogen and oxygen atoms in total. The van der Waals surface area contributed by atoms with Crippen molar-refractivity contribution < 1.29 is 0 Å². The first-order valence-electron chi connectivity index (χ1n) is 10.7. The number of benzene rings is 1. The second-order valence-corrected chi connectivity index (χ2v) is 9.03. The van der Waals surface area contributed by atoms with Crippen LogP contribution >= 0.6 is 11.3 Å². The van der Waals surface area contributed by atoms with Crippen LogP contribution in [0.25, 0.3) is 20.8 Å². The highest BCUT2D eigenvalue weighted by molar-refractivity contribution is 7.21. The van der Waals surface area contributed by atoms with Crippen LogP contribution in [-0.2, 0) is 0 Å². The largest absolute Gasteiger partial charge is 0.388 e. The molecule has 0 amide bonds. The van der Waals surface area contributed by atoms with E-state index in [-0.39, 0.29) is 0 Å². The van der Waals surface area contributed by atoms with Crippen LogP contribution in [0.3, 0.4) is 0 Å². The monoisotopic (exact) mass is 446 g/mol. The average molecular weight is 447 g/mol. The molecule has 1 fully saturated rings. The molecule has 164 valence electrons. The Morgan fingerprint density at radius 2 is 1.81 bits per heavy atom. The number of rotatable bonds is 5. The summed E-state index contributed by atoms with van der Waals surface area (Å²) >= 11 is 1.64. The predicted octanol–water partition coefficient (Wildman–Crippen LogP) is 3.99. The second kappa shape index (κ2) is 8.68. The number of nitrogens with one attached hydrogen (secondary N) is 2. The molecular formula is C23H26N8S. The fraction of sp³-hybridized carbons (Fsp3) is 0.304. The number of pyridine rings is 1. The molecule has 3 aromatic heterocycles. The van der Waals surface area contributed by atoms with Gasteiger partial charge in [-0.05, 0) is 26.1 Å². The number of hydrogen-bond donors (Lipinski definition) is 2. The van der Waals surface area contributed by atoms with Gasteiger partial charge in [0, 0.05) is 68.5 Å². The lowest BCUT2D eigenvalue weighted by molar-refractivity contribution is 0.311. The minimum Gasteiger partial charge on any atom is -0.388 e. The van der Waals surface area contributed by atoms with Crippen LogP contribution < -0.4 is 15.5 Å². The molecule has 4 aromatic rings. The Kier molecular flexibility index (Phi) is 5.59. The number of thiazole rings is 1. The summed E-state index contributed by atoms with van der Waals surface area (Å²) < 4.78 is 1.05. The van der Waals surface area contributed by atoms with Gasteiger partial charge in [-0.15, -0.1) is 11.3 Å². The summed E-state index contributed by atoms with van der Waals surface area (Å²) in [6.07, 6.45) is 1.87. The van der Waals surface area contributed by atoms with Crippen molar-refractivity contribution in [3.8, 4) is 10.6 Å². The molecule has 0 atom stereocenters. The lowest BCUT2D eigenvalue weighted by Crippen LogP contribution is -2.45. The summed E-state index contributed by atoms with van der Waals surface area (Å²) in [5.41, 5.74) is 4.01. The first-order chi connectivity index (χ1) is 15.6. The van der Waals surface area contributed by atoms with Gasteiger partial charge < -0.3 is 20.4 Å². The maximum absolute atomic E-state index is 4.84. The Balaban J connectivity index is 1.39. The topological polar surface area (TPSA) is 82.1 Å². The molecule has 1 aliphatic heterocycles. The zero-order valence-electron chi connectivity index (χ0n) is 18.5. The number of hydrogen-bond acceptors (Lipinski definition) is 9. The smallest absolute Gasteiger partial charge is 0.227 e. The fourth-order valence-corrected chi connectivity index (χ4v) is 4.64. The van der Waals surface area contributed by atoms with Crippen molar-refractivity contribution >= 4 is 44.8 Å². The van der Waals surface area contributed by atoms with E-state index >= 15 is 0 Å². The summed E-state index contributed by atoms with van der Waals surface area (Å²) in [5.74, 6) is 2.23. The molecule has 1 aromatic carbocycles. The van der Waals surface area contributed by atoms with Crippen molar-refractivity contribution in [3.05, 3.63) is 48.3 Å². The Morgan fingerprint density at radius 3 is 2.62 bits per heavy atom. The maximum Gasteiger partial charge on any atom is 0.227 e. The second-order valence-electron chi connectivity index (χ2n) is 8.00. The van der Waals surface area contributed by atoms with E-state index in [1.165, 1.54) is 0 Å². The van der Waals surface area contributed by atoms with E-state index in [0.717, 1.165) is 75.9 Å². The molecule has 9 heteroatoms. The highest BCUT2D eigenvalue weighted by Crippen LogP contribution is 2.32. The average Bonchev–Trinajstić information content (AvgIpc) is 3.23. The van der Waals surface area contributed by atoms with Gasteiger partial charge in [-0.25, -0.2) is 15.0 Å². The summed E-state index contributed by atoms with van der Waals surface area (Å²) in [6, 6.07) is 12.2. The third kappa shape index (κ3) is 4.35. The van der Waals surface area contributed by atoms with Crippen LogP contribution in [0.15, 0.2) is 42.6 Å². The van der Waals surface area contributed by atoms with E-state index in [0.29, 0.717) is 0 Å². The van der Waals surface area contributed by atoms with E-state index in [9.17, 15) is 0 Å². The zero-order valence-corrected chi connectivity index (χ0v) is 19.3. The standard InChI is InChI=1S/C23H26N8S/c1-15-11-21(29-23(26-15)31-9-7-30(3)8-10-31)28-20-13-18-19(14-25-20)32-22(27-18)16-5-4-6-17(12-16)24-2/h4-6,11-14,24H,7-10H2,1-3H3,(H,25,26,28,29). The van der Waals surface area contributed by atoms with Gasteiger partial charge in [-0.2, -0.15) is 4.98 Å². The molecule has 1 saturated heterocycles. The molecule has 2 N–H and O–H groups in total. The minimum atomic E-state index is 0.723. The number of anilines is 4. The lowest BCUT2D eigenvalue weighted by atomic mass is 10.2. The van der Waals surface area contributed by atoms with Gasteiger partial charge in [0.05, 0.1) is 10.2 Å². The van der Waals surface area contributed by atoms with Gasteiger partial charge in [0.2, 0.25) is 5.95 Å². The molecule has 0 unspecified atom stereocenters. The van der Waals surface area contributed by atoms with Crippen molar-refractivity contribution in [3.63, 3.8) is 0 Å². The van der Waals surface area contributed by atoms with Crippen molar-refractivity contribution in [1.29, 1.82) is 0 Å². The first kappa shape index (κ1) is 20.6. The van der Waals surface area contributed by atoms with Crippen molar-refractivity contribution in [1.82, 2.24) is 24.8 Å². The third-order valence-electron chi connectivity index (χ3n) is 5.56. The van der Waals surface area contributed by atoms with Gasteiger partial charge in [0.25, 0.3) is 0 Å². The van der Waals surface area contributed by atoms with Crippen molar-refractivity contribution in [2.24, 2.45) is 0 Å². The summed E-state index contributed by atoms with van der Waals surface area (Å²) in [5, 5.41) is 7.50. The molecule has 5 rings (SSSR count). The molecule has 0 aliphatic carbocycles. The number of aromatic nitrogens is 4. The molecule has 0 radical (unpaired) electrons. The highest BCUT2D eigenvalue weighted by Gasteiger charge is 2.17. The predicted molar refractivity (Wildman–Crippen MR) is 132 cm³/mol. The molecule has 0 spiro atoms. The Bertz CT molecular complexity index is 1250. The van der Waals surface area contributed by atoms with Gasteiger partial charge in [-0.1, -0.05) is 12.1 Å². The van der Waals surface area contributed by atoms with Gasteiger partial charge in [-0.3, -0.25) is 0 Å². The quantitative estimate of drug-likeness (QED) is 0.476. The molecular weight excluding hydrogens is 420 g/mol. The Morgan fingerprint density at radius 1 is 0.969 bits per heavy atom. The van der Waals surface area contributed by atoms with Gasteiger partial charge >= 0.3 is 0 Å². The van der Waals surface area contributed by atoms with Crippen molar-refractivity contribution in [2.75, 3.05) is 55.8 Å². The van der Waals surface area contributed by atoms with Crippen molar-refractivity contribution in [2.45, 2.75) is 6.92 Å². The van der Waals surface area contributed by atoms with Gasteiger partial charge in [0.1, 0.15) is 16.6 Å². The zero-order chi connectivity index (χ0) is 22.1. The number of aryl methyl sites for hydroxylation is 1. The normalized spacial score (nSPS) is 14.7. The number of piperazine rings is 1. The van der Waals surface area contributed by atoms with E-state index in [1.807, 2.05) is 44.4 Å². The first-order valence-corrected chi connectivity index (χ1v) is 11.5. The summed E-state index contributed by atoms with van der Waals surface area (Å²) in [4.78, 5) is 23.4. The van der Waals surface area contributed by atoms with E-state index < -0.39 is 0 Å². The van der Waals surface area contributed by atoms with Crippen LogP contribution in [0.4, 0.5) is 23.3 Å². The van der Waals surface area contributed by atoms with Gasteiger partial charge in [0.15, 0.2) is 0 Å². The SMILES string of the molecule is CNc1cccc(-c2nc3cc(Nc4cc(C)nc(N5CCN(C)CC5)n4)ncc3s2)c1. The minimum absolute atomic E-state index is 0.723.